The standard InChI is InChI=1S/C23H25NO3/c1-25-21-13-11-19(12-14-21)17-24-18-20-7-5-6-10-23(20)27-16-15-26-22-8-3-2-4-9-22/h2-14,24H,15-18H2,1H3. The van der Waals surface area contributed by atoms with E-state index in [2.05, 4.69) is 23.5 Å². The third-order valence-electron chi connectivity index (χ3n) is 4.13. The van der Waals surface area contributed by atoms with Gasteiger partial charge in [-0.15, -0.1) is 0 Å². The summed E-state index contributed by atoms with van der Waals surface area (Å²) < 4.78 is 16.8. The maximum Gasteiger partial charge on any atom is 0.123 e. The highest BCUT2D eigenvalue weighted by molar-refractivity contribution is 5.33. The molecule has 0 aliphatic rings. The maximum atomic E-state index is 5.91. The van der Waals surface area contributed by atoms with Crippen molar-refractivity contribution in [3.8, 4) is 17.2 Å². The maximum absolute atomic E-state index is 5.91. The molecule has 0 heterocycles. The van der Waals surface area contributed by atoms with E-state index in [9.17, 15) is 0 Å². The Morgan fingerprint density at radius 3 is 2.15 bits per heavy atom. The lowest BCUT2D eigenvalue weighted by Gasteiger charge is -2.13. The predicted octanol–water partition coefficient (Wildman–Crippen LogP) is 4.44. The van der Waals surface area contributed by atoms with Crippen molar-refractivity contribution < 1.29 is 14.2 Å². The Morgan fingerprint density at radius 2 is 1.37 bits per heavy atom. The van der Waals surface area contributed by atoms with Gasteiger partial charge in [0.05, 0.1) is 7.11 Å². The summed E-state index contributed by atoms with van der Waals surface area (Å²) in [5, 5.41) is 3.46. The fourth-order valence-electron chi connectivity index (χ4n) is 2.70. The normalized spacial score (nSPS) is 10.4. The first-order valence-corrected chi connectivity index (χ1v) is 9.07. The summed E-state index contributed by atoms with van der Waals surface area (Å²) in [5.74, 6) is 2.61. The summed E-state index contributed by atoms with van der Waals surface area (Å²) in [5.41, 5.74) is 2.34. The van der Waals surface area contributed by atoms with Crippen molar-refractivity contribution in [1.29, 1.82) is 0 Å². The first-order valence-electron chi connectivity index (χ1n) is 9.07. The van der Waals surface area contributed by atoms with E-state index in [4.69, 9.17) is 14.2 Å². The molecule has 0 aromatic heterocycles. The van der Waals surface area contributed by atoms with E-state index in [0.717, 1.165) is 35.9 Å². The zero-order valence-electron chi connectivity index (χ0n) is 15.6. The summed E-state index contributed by atoms with van der Waals surface area (Å²) in [6, 6.07) is 25.9. The van der Waals surface area contributed by atoms with Crippen molar-refractivity contribution >= 4 is 0 Å². The molecule has 0 radical (unpaired) electrons. The Labute approximate surface area is 160 Å². The molecule has 3 rings (SSSR count). The average molecular weight is 363 g/mol. The summed E-state index contributed by atoms with van der Waals surface area (Å²) in [4.78, 5) is 0. The molecule has 0 saturated carbocycles. The molecule has 0 fully saturated rings. The molecule has 0 aliphatic heterocycles. The minimum atomic E-state index is 0.504. The number of para-hydroxylation sites is 2. The summed E-state index contributed by atoms with van der Waals surface area (Å²) in [6.45, 7) is 2.54. The molecule has 0 spiro atoms. The highest BCUT2D eigenvalue weighted by Crippen LogP contribution is 2.18. The van der Waals surface area contributed by atoms with E-state index in [1.54, 1.807) is 7.11 Å². The predicted molar refractivity (Wildman–Crippen MR) is 107 cm³/mol. The number of hydrogen-bond acceptors (Lipinski definition) is 4. The van der Waals surface area contributed by atoms with Crippen LogP contribution in [0.3, 0.4) is 0 Å². The van der Waals surface area contributed by atoms with Crippen molar-refractivity contribution in [1.82, 2.24) is 5.32 Å². The van der Waals surface area contributed by atoms with Crippen molar-refractivity contribution in [2.24, 2.45) is 0 Å². The molecule has 140 valence electrons. The van der Waals surface area contributed by atoms with E-state index in [-0.39, 0.29) is 0 Å². The van der Waals surface area contributed by atoms with E-state index >= 15 is 0 Å². The Bertz CT molecular complexity index is 803. The van der Waals surface area contributed by atoms with Crippen LogP contribution < -0.4 is 19.5 Å². The quantitative estimate of drug-likeness (QED) is 0.541. The minimum Gasteiger partial charge on any atom is -0.497 e. The van der Waals surface area contributed by atoms with Crippen molar-refractivity contribution in [3.05, 3.63) is 90.0 Å². The molecule has 0 bridgehead atoms. The molecule has 3 aromatic rings. The van der Waals surface area contributed by atoms with Gasteiger partial charge in [-0.2, -0.15) is 0 Å². The van der Waals surface area contributed by atoms with Gasteiger partial charge in [-0.3, -0.25) is 0 Å². The van der Waals surface area contributed by atoms with E-state index in [1.807, 2.05) is 60.7 Å². The van der Waals surface area contributed by atoms with Crippen LogP contribution in [0.4, 0.5) is 0 Å². The summed E-state index contributed by atoms with van der Waals surface area (Å²) in [7, 11) is 1.68. The highest BCUT2D eigenvalue weighted by Gasteiger charge is 2.03. The second-order valence-corrected chi connectivity index (χ2v) is 6.07. The number of rotatable bonds is 10. The Kier molecular flexibility index (Phi) is 7.13. The third kappa shape index (κ3) is 6.04. The first kappa shape index (κ1) is 18.8. The molecule has 3 aromatic carbocycles. The number of nitrogens with one attached hydrogen (secondary N) is 1. The van der Waals surface area contributed by atoms with Crippen LogP contribution in [-0.4, -0.2) is 20.3 Å². The summed E-state index contributed by atoms with van der Waals surface area (Å²) in [6.07, 6.45) is 0. The van der Waals surface area contributed by atoms with Gasteiger partial charge in [0.1, 0.15) is 30.5 Å². The Morgan fingerprint density at radius 1 is 0.667 bits per heavy atom. The van der Waals surface area contributed by atoms with Crippen LogP contribution in [0.15, 0.2) is 78.9 Å². The number of ether oxygens (including phenoxy) is 3. The lowest BCUT2D eigenvalue weighted by Crippen LogP contribution is -2.15. The van der Waals surface area contributed by atoms with Gasteiger partial charge < -0.3 is 19.5 Å². The highest BCUT2D eigenvalue weighted by atomic mass is 16.5. The van der Waals surface area contributed by atoms with Crippen molar-refractivity contribution in [2.45, 2.75) is 13.1 Å². The molecule has 4 nitrogen and oxygen atoms in total. The van der Waals surface area contributed by atoms with E-state index in [1.165, 1.54) is 5.56 Å². The summed E-state index contributed by atoms with van der Waals surface area (Å²) >= 11 is 0. The monoisotopic (exact) mass is 363 g/mol. The second-order valence-electron chi connectivity index (χ2n) is 6.07. The first-order chi connectivity index (χ1) is 13.3. The second kappa shape index (κ2) is 10.2. The third-order valence-corrected chi connectivity index (χ3v) is 4.13. The number of methoxy groups -OCH3 is 1. The van der Waals surface area contributed by atoms with Crippen LogP contribution in [0.25, 0.3) is 0 Å². The van der Waals surface area contributed by atoms with Gasteiger partial charge in [0.15, 0.2) is 0 Å². The van der Waals surface area contributed by atoms with Gasteiger partial charge in [0.2, 0.25) is 0 Å². The lowest BCUT2D eigenvalue weighted by molar-refractivity contribution is 0.215. The van der Waals surface area contributed by atoms with Gasteiger partial charge >= 0.3 is 0 Å². The van der Waals surface area contributed by atoms with Gasteiger partial charge in [-0.25, -0.2) is 0 Å². The molecule has 0 unspecified atom stereocenters. The fraction of sp³-hybridized carbons (Fsp3) is 0.217. The van der Waals surface area contributed by atoms with Crippen molar-refractivity contribution in [3.63, 3.8) is 0 Å². The largest absolute Gasteiger partial charge is 0.497 e. The van der Waals surface area contributed by atoms with Crippen LogP contribution in [-0.2, 0) is 13.1 Å². The van der Waals surface area contributed by atoms with E-state index in [0.29, 0.717) is 13.2 Å². The molecule has 0 aliphatic carbocycles. The molecule has 0 saturated heterocycles. The zero-order chi connectivity index (χ0) is 18.7. The topological polar surface area (TPSA) is 39.7 Å². The SMILES string of the molecule is COc1ccc(CNCc2ccccc2OCCOc2ccccc2)cc1. The van der Waals surface area contributed by atoms with Crippen LogP contribution in [0.5, 0.6) is 17.2 Å². The fourth-order valence-corrected chi connectivity index (χ4v) is 2.70. The zero-order valence-corrected chi connectivity index (χ0v) is 15.6. The minimum absolute atomic E-state index is 0.504. The van der Waals surface area contributed by atoms with Crippen LogP contribution in [0.1, 0.15) is 11.1 Å². The van der Waals surface area contributed by atoms with Crippen LogP contribution in [0, 0.1) is 0 Å². The molecule has 4 heteroatoms. The molecule has 0 atom stereocenters. The molecular weight excluding hydrogens is 338 g/mol. The Balaban J connectivity index is 1.45. The number of hydrogen-bond donors (Lipinski definition) is 1. The van der Waals surface area contributed by atoms with Crippen molar-refractivity contribution in [2.75, 3.05) is 20.3 Å². The average Bonchev–Trinajstić information content (AvgIpc) is 2.73. The molecule has 0 amide bonds. The van der Waals surface area contributed by atoms with Crippen LogP contribution in [0.2, 0.25) is 0 Å². The van der Waals surface area contributed by atoms with Gasteiger partial charge in [0.25, 0.3) is 0 Å². The molecular formula is C23H25NO3. The van der Waals surface area contributed by atoms with Gasteiger partial charge in [-0.05, 0) is 35.9 Å². The smallest absolute Gasteiger partial charge is 0.123 e. The van der Waals surface area contributed by atoms with Gasteiger partial charge in [0, 0.05) is 18.7 Å². The van der Waals surface area contributed by atoms with Crippen LogP contribution >= 0.6 is 0 Å². The molecule has 27 heavy (non-hydrogen) atoms. The number of benzene rings is 3. The van der Waals surface area contributed by atoms with E-state index < -0.39 is 0 Å². The molecule has 1 N–H and O–H groups in total. The Hall–Kier alpha value is -2.98. The van der Waals surface area contributed by atoms with Gasteiger partial charge in [-0.1, -0.05) is 48.5 Å². The lowest BCUT2D eigenvalue weighted by atomic mass is 10.2.